The van der Waals surface area contributed by atoms with Gasteiger partial charge in [0.25, 0.3) is 5.91 Å². The first kappa shape index (κ1) is 20.9. The average molecular weight is 448 g/mol. The Morgan fingerprint density at radius 2 is 1.72 bits per heavy atom. The minimum atomic E-state index is -0.298. The molecule has 3 aromatic rings. The summed E-state index contributed by atoms with van der Waals surface area (Å²) in [6.45, 7) is 1.87. The maximum Gasteiger partial charge on any atom is 0.257 e. The Bertz CT molecular complexity index is 1180. The zero-order chi connectivity index (χ0) is 22.1. The Morgan fingerprint density at radius 3 is 2.50 bits per heavy atom. The van der Waals surface area contributed by atoms with Gasteiger partial charge in [-0.05, 0) is 46.9 Å². The molecule has 0 spiro atoms. The number of nitrogens with zero attached hydrogens (tertiary/aromatic N) is 3. The van der Waals surface area contributed by atoms with Crippen molar-refractivity contribution in [3.63, 3.8) is 0 Å². The molecule has 3 aromatic carbocycles. The fourth-order valence-corrected chi connectivity index (χ4v) is 4.76. The van der Waals surface area contributed by atoms with E-state index in [0.717, 1.165) is 36.3 Å². The van der Waals surface area contributed by atoms with Crippen molar-refractivity contribution in [3.05, 3.63) is 106 Å². The summed E-state index contributed by atoms with van der Waals surface area (Å²) >= 11 is 6.49. The predicted molar refractivity (Wildman–Crippen MR) is 124 cm³/mol. The molecule has 2 aliphatic heterocycles. The highest BCUT2D eigenvalue weighted by molar-refractivity contribution is 6.31. The predicted octanol–water partition coefficient (Wildman–Crippen LogP) is 5.22. The van der Waals surface area contributed by atoms with Crippen molar-refractivity contribution in [3.8, 4) is 0 Å². The Morgan fingerprint density at radius 1 is 1.00 bits per heavy atom. The van der Waals surface area contributed by atoms with Crippen LogP contribution in [-0.4, -0.2) is 34.6 Å². The van der Waals surface area contributed by atoms with Gasteiger partial charge in [0.15, 0.2) is 0 Å². The summed E-state index contributed by atoms with van der Waals surface area (Å²) in [4.78, 5) is 15.6. The number of rotatable bonds is 4. The van der Waals surface area contributed by atoms with E-state index in [2.05, 4.69) is 28.2 Å². The van der Waals surface area contributed by atoms with Gasteiger partial charge >= 0.3 is 0 Å². The summed E-state index contributed by atoms with van der Waals surface area (Å²) in [6, 6.07) is 21.9. The molecule has 0 radical (unpaired) electrons. The van der Waals surface area contributed by atoms with Crippen LogP contribution < -0.4 is 0 Å². The van der Waals surface area contributed by atoms with E-state index in [9.17, 15) is 9.18 Å². The van der Waals surface area contributed by atoms with Crippen molar-refractivity contribution in [2.45, 2.75) is 25.4 Å². The third-order valence-corrected chi connectivity index (χ3v) is 6.52. The van der Waals surface area contributed by atoms with Crippen LogP contribution in [0.1, 0.15) is 34.7 Å². The highest BCUT2D eigenvalue weighted by atomic mass is 35.5. The summed E-state index contributed by atoms with van der Waals surface area (Å²) < 4.78 is 13.4. The quantitative estimate of drug-likeness (QED) is 0.550. The molecule has 0 unspecified atom stereocenters. The number of benzene rings is 3. The molecule has 4 nitrogen and oxygen atoms in total. The van der Waals surface area contributed by atoms with Crippen LogP contribution in [0.2, 0.25) is 5.02 Å². The van der Waals surface area contributed by atoms with Gasteiger partial charge in [-0.3, -0.25) is 9.69 Å². The number of hydrazone groups is 1. The van der Waals surface area contributed by atoms with Crippen LogP contribution in [0, 0.1) is 5.82 Å². The molecule has 0 fully saturated rings. The fraction of sp³-hybridized carbons (Fsp3) is 0.231. The maximum atomic E-state index is 13.4. The number of halogens is 2. The first-order valence-corrected chi connectivity index (χ1v) is 11.2. The Balaban J connectivity index is 1.41. The Kier molecular flexibility index (Phi) is 5.77. The van der Waals surface area contributed by atoms with Gasteiger partial charge in [0.2, 0.25) is 0 Å². The molecule has 0 saturated heterocycles. The Labute approximate surface area is 191 Å². The second kappa shape index (κ2) is 8.85. The van der Waals surface area contributed by atoms with Gasteiger partial charge in [0, 0.05) is 24.5 Å². The van der Waals surface area contributed by atoms with Crippen LogP contribution in [0.5, 0.6) is 0 Å². The normalized spacial score (nSPS) is 18.4. The Hall–Kier alpha value is -3.02. The van der Waals surface area contributed by atoms with Crippen LogP contribution >= 0.6 is 11.6 Å². The lowest BCUT2D eigenvalue weighted by molar-refractivity contribution is -0.134. The fourth-order valence-electron chi connectivity index (χ4n) is 4.50. The smallest absolute Gasteiger partial charge is 0.257 e. The van der Waals surface area contributed by atoms with E-state index >= 15 is 0 Å². The molecule has 1 amide bonds. The highest BCUT2D eigenvalue weighted by Gasteiger charge is 2.35. The number of fused-ring (bicyclic) bond motifs is 1. The van der Waals surface area contributed by atoms with Crippen molar-refractivity contribution < 1.29 is 9.18 Å². The van der Waals surface area contributed by atoms with Gasteiger partial charge in [-0.25, -0.2) is 9.40 Å². The molecular weight excluding hydrogens is 425 g/mol. The van der Waals surface area contributed by atoms with E-state index < -0.39 is 0 Å². The molecule has 6 heteroatoms. The minimum Gasteiger partial charge on any atom is -0.290 e. The van der Waals surface area contributed by atoms with Crippen molar-refractivity contribution in [2.24, 2.45) is 5.10 Å². The van der Waals surface area contributed by atoms with Crippen LogP contribution in [-0.2, 0) is 17.8 Å². The summed E-state index contributed by atoms with van der Waals surface area (Å²) in [7, 11) is 0. The van der Waals surface area contributed by atoms with Crippen molar-refractivity contribution in [1.82, 2.24) is 9.91 Å². The zero-order valence-corrected chi connectivity index (χ0v) is 18.3. The first-order valence-electron chi connectivity index (χ1n) is 10.8. The minimum absolute atomic E-state index is 0.0635. The first-order chi connectivity index (χ1) is 15.6. The van der Waals surface area contributed by atoms with Gasteiger partial charge in [0.1, 0.15) is 5.82 Å². The van der Waals surface area contributed by atoms with Crippen LogP contribution in [0.25, 0.3) is 0 Å². The molecule has 2 aliphatic rings. The lowest BCUT2D eigenvalue weighted by Gasteiger charge is -2.30. The summed E-state index contributed by atoms with van der Waals surface area (Å²) in [5.74, 6) is -0.361. The molecule has 0 aromatic heterocycles. The van der Waals surface area contributed by atoms with Gasteiger partial charge in [0.05, 0.1) is 18.3 Å². The van der Waals surface area contributed by atoms with Gasteiger partial charge in [-0.2, -0.15) is 5.10 Å². The van der Waals surface area contributed by atoms with Crippen LogP contribution in [0.15, 0.2) is 77.9 Å². The SMILES string of the molecule is O=C(CN1CCc2ccccc2C1)N1N=C(c2ccc(F)cc2)C[C@H]1c1ccccc1Cl. The number of hydrogen-bond acceptors (Lipinski definition) is 3. The molecule has 2 heterocycles. The van der Waals surface area contributed by atoms with E-state index in [1.807, 2.05) is 30.3 Å². The lowest BCUT2D eigenvalue weighted by Crippen LogP contribution is -2.40. The largest absolute Gasteiger partial charge is 0.290 e. The van der Waals surface area contributed by atoms with Crippen LogP contribution in [0.3, 0.4) is 0 Å². The molecule has 0 saturated carbocycles. The van der Waals surface area contributed by atoms with Gasteiger partial charge in [-0.1, -0.05) is 66.2 Å². The average Bonchev–Trinajstić information content (AvgIpc) is 3.25. The molecule has 32 heavy (non-hydrogen) atoms. The molecule has 1 atom stereocenters. The van der Waals surface area contributed by atoms with Crippen molar-refractivity contribution in [1.29, 1.82) is 0 Å². The van der Waals surface area contributed by atoms with Gasteiger partial charge in [-0.15, -0.1) is 0 Å². The second-order valence-electron chi connectivity index (χ2n) is 8.26. The molecule has 0 N–H and O–H groups in total. The topological polar surface area (TPSA) is 35.9 Å². The molecule has 0 aliphatic carbocycles. The number of carbonyl (C=O) groups is 1. The maximum absolute atomic E-state index is 13.4. The standard InChI is InChI=1S/C26H23ClFN3O/c27-23-8-4-3-7-22(23)25-15-24(19-9-11-21(28)12-10-19)29-31(25)26(32)17-30-14-13-18-5-1-2-6-20(18)16-30/h1-12,25H,13-17H2/t25-/m0/s1. The second-order valence-corrected chi connectivity index (χ2v) is 8.67. The third kappa shape index (κ3) is 4.18. The summed E-state index contributed by atoms with van der Waals surface area (Å²) in [6.07, 6.45) is 1.46. The van der Waals surface area contributed by atoms with E-state index in [-0.39, 0.29) is 24.3 Å². The van der Waals surface area contributed by atoms with E-state index in [4.69, 9.17) is 11.6 Å². The summed E-state index contributed by atoms with van der Waals surface area (Å²) in [5.41, 5.74) is 5.05. The summed E-state index contributed by atoms with van der Waals surface area (Å²) in [5, 5.41) is 6.87. The molecular formula is C26H23ClFN3O. The monoisotopic (exact) mass is 447 g/mol. The van der Waals surface area contributed by atoms with E-state index in [1.165, 1.54) is 23.3 Å². The number of amides is 1. The van der Waals surface area contributed by atoms with Gasteiger partial charge < -0.3 is 0 Å². The zero-order valence-electron chi connectivity index (χ0n) is 17.5. The van der Waals surface area contributed by atoms with Crippen LogP contribution in [0.4, 0.5) is 4.39 Å². The third-order valence-electron chi connectivity index (χ3n) is 6.18. The number of carbonyl (C=O) groups excluding carboxylic acids is 1. The highest BCUT2D eigenvalue weighted by Crippen LogP contribution is 2.36. The molecule has 5 rings (SSSR count). The lowest BCUT2D eigenvalue weighted by atomic mass is 9.98. The van der Waals surface area contributed by atoms with E-state index in [1.54, 1.807) is 17.1 Å². The number of hydrogen-bond donors (Lipinski definition) is 0. The van der Waals surface area contributed by atoms with Crippen molar-refractivity contribution in [2.75, 3.05) is 13.1 Å². The van der Waals surface area contributed by atoms with Crippen molar-refractivity contribution >= 4 is 23.2 Å². The van der Waals surface area contributed by atoms with E-state index in [0.29, 0.717) is 11.4 Å². The molecule has 0 bridgehead atoms. The molecule has 162 valence electrons.